The van der Waals surface area contributed by atoms with Crippen molar-refractivity contribution < 1.29 is 45.4 Å². The molecule has 76 heavy (non-hydrogen) atoms. The SMILES string of the molecule is CCN(c1ncc(Br)cc1CN1C(=O)O[C@H](c2cc(C)cc(C(F)(F)F)c2)[C@@H]1C)C1CCCCC1.[C-]#[N+]c1ccc(-c2cnc(N(CC)C3CCCCC3)c(CN3C(=O)OC(c4cc(C)cc(C(F)(F)F)c4)[C@@H]3C)c2)s1. The number of benzene rings is 2. The van der Waals surface area contributed by atoms with Crippen molar-refractivity contribution in [3.05, 3.63) is 133 Å². The molecule has 2 saturated carbocycles. The summed E-state index contributed by atoms with van der Waals surface area (Å²) in [5, 5.41) is 0.582. The third-order valence-electron chi connectivity index (χ3n) is 15.1. The van der Waals surface area contributed by atoms with Crippen LogP contribution in [0, 0.1) is 20.4 Å². The molecule has 406 valence electrons. The number of carbonyl (C=O) groups is 2. The van der Waals surface area contributed by atoms with Gasteiger partial charge < -0.3 is 19.3 Å². The van der Waals surface area contributed by atoms with Crippen molar-refractivity contribution in [2.45, 2.75) is 168 Å². The van der Waals surface area contributed by atoms with Crippen LogP contribution in [0.3, 0.4) is 0 Å². The van der Waals surface area contributed by atoms with E-state index in [1.165, 1.54) is 37.0 Å². The molecule has 9 rings (SSSR count). The molecule has 2 saturated heterocycles. The summed E-state index contributed by atoms with van der Waals surface area (Å²) in [7, 11) is 0. The van der Waals surface area contributed by atoms with Crippen molar-refractivity contribution in [3.63, 3.8) is 0 Å². The number of alkyl halides is 6. The molecule has 3 aromatic heterocycles. The first-order chi connectivity index (χ1) is 36.2. The van der Waals surface area contributed by atoms with Crippen LogP contribution in [0.15, 0.2) is 77.5 Å². The van der Waals surface area contributed by atoms with Crippen molar-refractivity contribution in [2.24, 2.45) is 0 Å². The van der Waals surface area contributed by atoms with Gasteiger partial charge in [-0.25, -0.2) is 24.4 Å². The molecule has 0 spiro atoms. The second-order valence-electron chi connectivity index (χ2n) is 20.4. The van der Waals surface area contributed by atoms with Crippen LogP contribution < -0.4 is 9.80 Å². The van der Waals surface area contributed by atoms with Crippen molar-refractivity contribution in [3.8, 4) is 10.4 Å². The topological polar surface area (TPSA) is 95.7 Å². The Morgan fingerprint density at radius 1 is 0.671 bits per heavy atom. The first kappa shape index (κ1) is 56.3. The van der Waals surface area contributed by atoms with Gasteiger partial charge in [-0.05, 0) is 137 Å². The van der Waals surface area contributed by atoms with Crippen LogP contribution in [-0.2, 0) is 34.9 Å². The van der Waals surface area contributed by atoms with Crippen LogP contribution >= 0.6 is 27.3 Å². The summed E-state index contributed by atoms with van der Waals surface area (Å²) in [6.45, 7) is 20.4. The maximum Gasteiger partial charge on any atom is 0.416 e. The molecule has 5 aromatic rings. The zero-order chi connectivity index (χ0) is 54.6. The van der Waals surface area contributed by atoms with E-state index in [0.717, 1.165) is 114 Å². The first-order valence-electron chi connectivity index (χ1n) is 26.1. The van der Waals surface area contributed by atoms with Crippen LogP contribution in [0.25, 0.3) is 15.3 Å². The molecule has 4 fully saturated rings. The number of aromatic nitrogens is 2. The quantitative estimate of drug-likeness (QED) is 0.0850. The van der Waals surface area contributed by atoms with Crippen molar-refractivity contribution in [1.29, 1.82) is 0 Å². The molecule has 4 atom stereocenters. The molecule has 4 aliphatic rings. The lowest BCUT2D eigenvalue weighted by atomic mass is 9.93. The fourth-order valence-electron chi connectivity index (χ4n) is 11.3. The molecule has 19 heteroatoms. The van der Waals surface area contributed by atoms with Gasteiger partial charge >= 0.3 is 24.5 Å². The monoisotopic (exact) mass is 1140 g/mol. The van der Waals surface area contributed by atoms with Gasteiger partial charge in [-0.1, -0.05) is 67.9 Å². The number of amides is 2. The van der Waals surface area contributed by atoms with Crippen LogP contribution in [0.1, 0.15) is 149 Å². The van der Waals surface area contributed by atoms with E-state index < -0.39 is 60.0 Å². The van der Waals surface area contributed by atoms with E-state index in [4.69, 9.17) is 26.0 Å². The number of hydrogen-bond donors (Lipinski definition) is 0. The zero-order valence-corrected chi connectivity index (χ0v) is 46.0. The molecule has 0 bridgehead atoms. The summed E-state index contributed by atoms with van der Waals surface area (Å²) in [5.74, 6) is 1.66. The van der Waals surface area contributed by atoms with Gasteiger partial charge in [-0.3, -0.25) is 9.80 Å². The fourth-order valence-corrected chi connectivity index (χ4v) is 12.5. The summed E-state index contributed by atoms with van der Waals surface area (Å²) in [6.07, 6.45) is 3.49. The number of nitrogens with zero attached hydrogens (tertiary/aromatic N) is 7. The number of aryl methyl sites for hydroxylation is 2. The number of rotatable bonds is 13. The van der Waals surface area contributed by atoms with Gasteiger partial charge in [-0.2, -0.15) is 37.7 Å². The van der Waals surface area contributed by atoms with Gasteiger partial charge in [0.1, 0.15) is 23.8 Å². The van der Waals surface area contributed by atoms with Crippen molar-refractivity contribution in [2.75, 3.05) is 22.9 Å². The van der Waals surface area contributed by atoms with Crippen molar-refractivity contribution in [1.82, 2.24) is 19.8 Å². The van der Waals surface area contributed by atoms with Crippen LogP contribution in [0.5, 0.6) is 0 Å². The van der Waals surface area contributed by atoms with E-state index in [0.29, 0.717) is 39.3 Å². The molecule has 2 aromatic carbocycles. The van der Waals surface area contributed by atoms with E-state index in [9.17, 15) is 35.9 Å². The maximum absolute atomic E-state index is 13.5. The smallest absolute Gasteiger partial charge is 0.416 e. The molecule has 5 heterocycles. The summed E-state index contributed by atoms with van der Waals surface area (Å²) in [6, 6.07) is 15.1. The largest absolute Gasteiger partial charge is 0.439 e. The third kappa shape index (κ3) is 12.8. The van der Waals surface area contributed by atoms with Gasteiger partial charge in [0.25, 0.3) is 0 Å². The molecular weight excluding hydrogens is 1070 g/mol. The Kier molecular flexibility index (Phi) is 17.6. The summed E-state index contributed by atoms with van der Waals surface area (Å²) >= 11 is 4.89. The van der Waals surface area contributed by atoms with E-state index in [-0.39, 0.29) is 13.1 Å². The summed E-state index contributed by atoms with van der Waals surface area (Å²) in [5.41, 5.74) is 2.70. The second-order valence-corrected chi connectivity index (χ2v) is 22.3. The minimum absolute atomic E-state index is 0.203. The Morgan fingerprint density at radius 2 is 1.12 bits per heavy atom. The maximum atomic E-state index is 13.5. The Hall–Kier alpha value is -5.87. The number of anilines is 2. The minimum Gasteiger partial charge on any atom is -0.439 e. The average molecular weight is 1140 g/mol. The molecule has 2 aliphatic heterocycles. The summed E-state index contributed by atoms with van der Waals surface area (Å²) < 4.78 is 92.9. The lowest BCUT2D eigenvalue weighted by Crippen LogP contribution is -2.39. The van der Waals surface area contributed by atoms with Crippen molar-refractivity contribution >= 4 is 56.1 Å². The number of pyridine rings is 2. The fraction of sp³-hybridized carbons (Fsp3) is 0.491. The highest BCUT2D eigenvalue weighted by molar-refractivity contribution is 9.10. The Labute approximate surface area is 453 Å². The number of carbonyl (C=O) groups excluding carboxylic acids is 2. The van der Waals surface area contributed by atoms with E-state index in [1.807, 2.05) is 38.2 Å². The molecule has 0 N–H and O–H groups in total. The molecule has 0 radical (unpaired) electrons. The number of hydrogen-bond acceptors (Lipinski definition) is 9. The lowest BCUT2D eigenvalue weighted by Gasteiger charge is -2.36. The highest BCUT2D eigenvalue weighted by atomic mass is 79.9. The normalized spacial score (nSPS) is 20.5. The van der Waals surface area contributed by atoms with Gasteiger partial charge in [0.05, 0.1) is 42.9 Å². The predicted octanol–water partition coefficient (Wildman–Crippen LogP) is 16.3. The van der Waals surface area contributed by atoms with E-state index in [1.54, 1.807) is 48.0 Å². The van der Waals surface area contributed by atoms with Crippen LogP contribution in [0.4, 0.5) is 52.6 Å². The Bertz CT molecular complexity index is 2920. The number of ether oxygens (including phenoxy) is 2. The molecule has 2 aliphatic carbocycles. The molecule has 2 amide bonds. The number of thiophene rings is 1. The standard InChI is InChI=1S/C31H33F3N4O2S.C26H31BrF3N3O2/c1-5-37(25-9-7-6-8-10-25)29-23(15-22(17-36-29)26-11-12-27(35-4)41-26)18-38-20(3)28(40-30(38)39)21-13-19(2)14-24(16-21)31(32,33)34;1-4-32(22-8-6-5-7-9-22)24-19(13-21(27)14-31-24)15-33-17(3)23(35-25(33)34)18-10-16(2)11-20(12-18)26(28,29)30/h11-17,20,25,28H,5-10,18H2,1-3H3;10-14,17,22-23H,4-9,15H2,1-3H3/t20-,28?;17-,23-/m00/s1. The number of cyclic esters (lactones) is 2. The molecular formula is C57H64BrF6N7O4S. The third-order valence-corrected chi connectivity index (χ3v) is 16.5. The average Bonchev–Trinajstić information content (AvgIpc) is 4.07. The predicted molar refractivity (Wildman–Crippen MR) is 286 cm³/mol. The van der Waals surface area contributed by atoms with Crippen LogP contribution in [0.2, 0.25) is 0 Å². The zero-order valence-electron chi connectivity index (χ0n) is 43.6. The highest BCUT2D eigenvalue weighted by Crippen LogP contribution is 2.42. The highest BCUT2D eigenvalue weighted by Gasteiger charge is 2.44. The van der Waals surface area contributed by atoms with Gasteiger partial charge in [0, 0.05) is 63.6 Å². The Balaban J connectivity index is 0.000000204. The van der Waals surface area contributed by atoms with Gasteiger partial charge in [0.2, 0.25) is 5.00 Å². The molecule has 11 nitrogen and oxygen atoms in total. The number of halogens is 7. The van der Waals surface area contributed by atoms with Gasteiger partial charge in [0.15, 0.2) is 0 Å². The first-order valence-corrected chi connectivity index (χ1v) is 27.7. The summed E-state index contributed by atoms with van der Waals surface area (Å²) in [4.78, 5) is 48.0. The van der Waals surface area contributed by atoms with E-state index >= 15 is 0 Å². The molecule has 1 unspecified atom stereocenters. The minimum atomic E-state index is -4.50. The van der Waals surface area contributed by atoms with Crippen LogP contribution in [-0.4, -0.2) is 69.2 Å². The second kappa shape index (κ2) is 23.8. The lowest BCUT2D eigenvalue weighted by molar-refractivity contribution is -0.138. The van der Waals surface area contributed by atoms with Gasteiger partial charge in [-0.15, -0.1) is 0 Å². The Morgan fingerprint density at radius 3 is 1.54 bits per heavy atom. The van der Waals surface area contributed by atoms with E-state index in [2.05, 4.69) is 44.4 Å².